The maximum atomic E-state index is 13.5. The Balaban J connectivity index is 1.38. The number of aliphatic hydroxyl groups excluding tert-OH is 2. The van der Waals surface area contributed by atoms with E-state index in [9.17, 15) is 15.0 Å². The fourth-order valence-electron chi connectivity index (χ4n) is 5.12. The Hall–Kier alpha value is -2.95. The first-order chi connectivity index (χ1) is 17.8. The Morgan fingerprint density at radius 3 is 2.49 bits per heavy atom. The first-order valence-electron chi connectivity index (χ1n) is 13.2. The van der Waals surface area contributed by atoms with Gasteiger partial charge in [-0.2, -0.15) is 0 Å². The van der Waals surface area contributed by atoms with Gasteiger partial charge in [-0.1, -0.05) is 6.07 Å². The maximum absolute atomic E-state index is 13.5. The van der Waals surface area contributed by atoms with Crippen molar-refractivity contribution in [1.82, 2.24) is 9.97 Å². The van der Waals surface area contributed by atoms with Crippen LogP contribution in [0.4, 0.5) is 23.3 Å². The van der Waals surface area contributed by atoms with Crippen molar-refractivity contribution in [3.8, 4) is 0 Å². The number of carbonyl (C=O) groups is 1. The van der Waals surface area contributed by atoms with E-state index < -0.39 is 5.54 Å². The van der Waals surface area contributed by atoms with E-state index in [4.69, 9.17) is 14.7 Å². The lowest BCUT2D eigenvalue weighted by Crippen LogP contribution is -2.43. The minimum atomic E-state index is -0.921. The quantitative estimate of drug-likeness (QED) is 0.424. The van der Waals surface area contributed by atoms with Gasteiger partial charge in [-0.25, -0.2) is 9.97 Å². The summed E-state index contributed by atoms with van der Waals surface area (Å²) < 4.78 is 5.64. The number of nitrogens with one attached hydrogen (secondary N) is 2. The fraction of sp³-hybridized carbons (Fsp3) is 0.593. The van der Waals surface area contributed by atoms with Gasteiger partial charge in [-0.3, -0.25) is 4.79 Å². The zero-order valence-corrected chi connectivity index (χ0v) is 21.7. The van der Waals surface area contributed by atoms with Gasteiger partial charge in [0, 0.05) is 26.2 Å². The molecule has 2 aromatic heterocycles. The lowest BCUT2D eigenvalue weighted by molar-refractivity contribution is 0.0529. The summed E-state index contributed by atoms with van der Waals surface area (Å²) in [6, 6.07) is 9.11. The summed E-state index contributed by atoms with van der Waals surface area (Å²) in [5, 5.41) is 25.6. The largest absolute Gasteiger partial charge is 0.394 e. The number of ether oxygens (including phenoxy) is 1. The predicted molar refractivity (Wildman–Crippen MR) is 143 cm³/mol. The van der Waals surface area contributed by atoms with Crippen LogP contribution in [-0.4, -0.2) is 83.7 Å². The monoisotopic (exact) mass is 510 g/mol. The van der Waals surface area contributed by atoms with Crippen molar-refractivity contribution < 1.29 is 19.7 Å². The molecule has 0 bridgehead atoms. The molecule has 2 aliphatic heterocycles. The lowest BCUT2D eigenvalue weighted by atomic mass is 9.93. The van der Waals surface area contributed by atoms with Crippen molar-refractivity contribution in [1.29, 1.82) is 0 Å². The first-order valence-corrected chi connectivity index (χ1v) is 13.2. The van der Waals surface area contributed by atoms with Gasteiger partial charge in [-0.15, -0.1) is 0 Å². The summed E-state index contributed by atoms with van der Waals surface area (Å²) >= 11 is 0. The topological polar surface area (TPSA) is 123 Å². The van der Waals surface area contributed by atoms with Crippen LogP contribution in [-0.2, 0) is 4.74 Å². The average molecular weight is 511 g/mol. The summed E-state index contributed by atoms with van der Waals surface area (Å²) in [7, 11) is 0. The minimum Gasteiger partial charge on any atom is -0.394 e. The van der Waals surface area contributed by atoms with Crippen LogP contribution in [0.3, 0.4) is 0 Å². The molecule has 1 atom stereocenters. The van der Waals surface area contributed by atoms with Crippen LogP contribution < -0.4 is 20.4 Å². The molecule has 1 aliphatic carbocycles. The van der Waals surface area contributed by atoms with Gasteiger partial charge >= 0.3 is 0 Å². The van der Waals surface area contributed by atoms with Gasteiger partial charge in [0.1, 0.15) is 23.3 Å². The molecule has 5 rings (SSSR count). The molecule has 0 radical (unpaired) electrons. The third-order valence-electron chi connectivity index (χ3n) is 7.87. The Morgan fingerprint density at radius 2 is 1.81 bits per heavy atom. The number of carbonyl (C=O) groups excluding carboxylic acids is 1. The molecular formula is C27H38N6O4. The van der Waals surface area contributed by atoms with Gasteiger partial charge in [0.15, 0.2) is 0 Å². The molecule has 2 aromatic rings. The van der Waals surface area contributed by atoms with Gasteiger partial charge in [0.05, 0.1) is 37.0 Å². The first kappa shape index (κ1) is 25.7. The van der Waals surface area contributed by atoms with Crippen molar-refractivity contribution in [2.75, 3.05) is 66.4 Å². The number of nitrogens with zero attached hydrogens (tertiary/aromatic N) is 4. The number of piperidine rings is 1. The fourth-order valence-corrected chi connectivity index (χ4v) is 5.12. The number of rotatable bonds is 8. The second-order valence-electron chi connectivity index (χ2n) is 11.0. The summed E-state index contributed by atoms with van der Waals surface area (Å²) in [4.78, 5) is 27.3. The SMILES string of the molecule is CC1CN(c2cccc(NC(=O)c3ccc(NC(C)(CO)CO)nc3N3CCC4(CC3)CC4)n2)CCO1. The van der Waals surface area contributed by atoms with E-state index in [0.717, 1.165) is 44.8 Å². The van der Waals surface area contributed by atoms with E-state index >= 15 is 0 Å². The highest BCUT2D eigenvalue weighted by Gasteiger charge is 2.45. The smallest absolute Gasteiger partial charge is 0.260 e. The third-order valence-corrected chi connectivity index (χ3v) is 7.87. The molecule has 10 heteroatoms. The number of anilines is 4. The number of hydrogen-bond acceptors (Lipinski definition) is 9. The van der Waals surface area contributed by atoms with Crippen molar-refractivity contribution in [3.05, 3.63) is 35.9 Å². The summed E-state index contributed by atoms with van der Waals surface area (Å²) in [5.74, 6) is 2.13. The number of aliphatic hydroxyl groups is 2. The summed E-state index contributed by atoms with van der Waals surface area (Å²) in [5.41, 5.74) is 0.0388. The normalized spacial score (nSPS) is 21.1. The second-order valence-corrected chi connectivity index (χ2v) is 11.0. The van der Waals surface area contributed by atoms with Crippen molar-refractivity contribution >= 4 is 29.2 Å². The van der Waals surface area contributed by atoms with E-state index in [1.54, 1.807) is 25.1 Å². The molecule has 0 aromatic carbocycles. The highest BCUT2D eigenvalue weighted by molar-refractivity contribution is 6.07. The molecular weight excluding hydrogens is 472 g/mol. The summed E-state index contributed by atoms with van der Waals surface area (Å²) in [6.45, 7) is 7.11. The zero-order chi connectivity index (χ0) is 26.0. The molecule has 37 heavy (non-hydrogen) atoms. The highest BCUT2D eigenvalue weighted by atomic mass is 16.5. The molecule has 3 aliphatic rings. The molecule has 1 saturated carbocycles. The van der Waals surface area contributed by atoms with E-state index in [1.165, 1.54) is 12.8 Å². The maximum Gasteiger partial charge on any atom is 0.260 e. The van der Waals surface area contributed by atoms with E-state index in [-0.39, 0.29) is 25.2 Å². The predicted octanol–water partition coefficient (Wildman–Crippen LogP) is 2.49. The van der Waals surface area contributed by atoms with E-state index in [0.29, 0.717) is 35.0 Å². The number of morpholine rings is 1. The Bertz CT molecular complexity index is 1110. The number of amides is 1. The highest BCUT2D eigenvalue weighted by Crippen LogP contribution is 2.54. The number of aromatic nitrogens is 2. The van der Waals surface area contributed by atoms with Crippen LogP contribution in [0, 0.1) is 5.41 Å². The van der Waals surface area contributed by atoms with Gasteiger partial charge in [-0.05, 0) is 69.2 Å². The lowest BCUT2D eigenvalue weighted by Gasteiger charge is -2.34. The van der Waals surface area contributed by atoms with Crippen LogP contribution in [0.15, 0.2) is 30.3 Å². The summed E-state index contributed by atoms with van der Waals surface area (Å²) in [6.07, 6.45) is 4.91. The molecule has 10 nitrogen and oxygen atoms in total. The van der Waals surface area contributed by atoms with Crippen LogP contribution in [0.5, 0.6) is 0 Å². The molecule has 1 amide bonds. The van der Waals surface area contributed by atoms with Gasteiger partial charge < -0.3 is 35.4 Å². The molecule has 1 unspecified atom stereocenters. The molecule has 4 N–H and O–H groups in total. The van der Waals surface area contributed by atoms with Crippen molar-refractivity contribution in [3.63, 3.8) is 0 Å². The van der Waals surface area contributed by atoms with Crippen molar-refractivity contribution in [2.24, 2.45) is 5.41 Å². The van der Waals surface area contributed by atoms with Crippen LogP contribution in [0.1, 0.15) is 49.9 Å². The standard InChI is InChI=1S/C27H38N6O4/c1-19-16-33(14-15-37-19)23-5-3-4-21(28-23)30-25(36)20-6-7-22(31-26(2,17-34)18-35)29-24(20)32-12-10-27(8-9-27)11-13-32/h3-7,19,34-35H,8-18H2,1-2H3,(H,29,31)(H,28,30,36). The van der Waals surface area contributed by atoms with E-state index in [1.807, 2.05) is 19.1 Å². The molecule has 200 valence electrons. The zero-order valence-electron chi connectivity index (χ0n) is 21.7. The van der Waals surface area contributed by atoms with Crippen LogP contribution in [0.25, 0.3) is 0 Å². The number of hydrogen-bond donors (Lipinski definition) is 4. The van der Waals surface area contributed by atoms with Crippen LogP contribution >= 0.6 is 0 Å². The van der Waals surface area contributed by atoms with Gasteiger partial charge in [0.25, 0.3) is 5.91 Å². The number of pyridine rings is 2. The minimum absolute atomic E-state index is 0.132. The van der Waals surface area contributed by atoms with E-state index in [2.05, 4.69) is 20.4 Å². The average Bonchev–Trinajstić information content (AvgIpc) is 3.67. The van der Waals surface area contributed by atoms with Gasteiger partial charge in [0.2, 0.25) is 0 Å². The Morgan fingerprint density at radius 1 is 1.05 bits per heavy atom. The van der Waals surface area contributed by atoms with Crippen LogP contribution in [0.2, 0.25) is 0 Å². The molecule has 3 fully saturated rings. The molecule has 1 spiro atoms. The molecule has 4 heterocycles. The molecule has 2 saturated heterocycles. The Labute approximate surface area is 218 Å². The second kappa shape index (κ2) is 10.4. The van der Waals surface area contributed by atoms with Crippen molar-refractivity contribution in [2.45, 2.75) is 51.2 Å². The third kappa shape index (κ3) is 5.81. The Kier molecular flexibility index (Phi) is 7.24.